The van der Waals surface area contributed by atoms with Gasteiger partial charge in [0.2, 0.25) is 5.91 Å². The number of hydrogen-bond acceptors (Lipinski definition) is 2. The fourth-order valence-corrected chi connectivity index (χ4v) is 1.68. The summed E-state index contributed by atoms with van der Waals surface area (Å²) in [6.45, 7) is 0.751. The molecular weight excluding hydrogens is 257 g/mol. The van der Waals surface area contributed by atoms with Crippen LogP contribution in [0.1, 0.15) is 17.5 Å². The molecule has 1 rings (SSSR count). The average Bonchev–Trinajstić information content (AvgIpc) is 2.35. The van der Waals surface area contributed by atoms with Crippen LogP contribution in [-0.2, 0) is 17.4 Å². The van der Waals surface area contributed by atoms with Crippen LogP contribution in [0.25, 0.3) is 0 Å². The molecular formula is C13H17F3N2O. The monoisotopic (exact) mass is 274 g/mol. The third kappa shape index (κ3) is 5.30. The van der Waals surface area contributed by atoms with Crippen molar-refractivity contribution in [3.8, 4) is 0 Å². The lowest BCUT2D eigenvalue weighted by atomic mass is 10.0. The van der Waals surface area contributed by atoms with Crippen molar-refractivity contribution in [3.63, 3.8) is 0 Å². The second-order valence-electron chi connectivity index (χ2n) is 4.11. The minimum Gasteiger partial charge on any atom is -0.356 e. The van der Waals surface area contributed by atoms with Gasteiger partial charge in [0.15, 0.2) is 0 Å². The van der Waals surface area contributed by atoms with Gasteiger partial charge in [-0.05, 0) is 25.1 Å². The maximum Gasteiger partial charge on any atom is 0.416 e. The van der Waals surface area contributed by atoms with E-state index in [0.29, 0.717) is 13.0 Å². The Bertz CT molecular complexity index is 419. The molecule has 0 unspecified atom stereocenters. The molecule has 1 aromatic carbocycles. The highest BCUT2D eigenvalue weighted by Crippen LogP contribution is 2.31. The first-order chi connectivity index (χ1) is 8.95. The van der Waals surface area contributed by atoms with Gasteiger partial charge in [0.25, 0.3) is 0 Å². The molecule has 0 saturated carbocycles. The van der Waals surface area contributed by atoms with Gasteiger partial charge in [-0.15, -0.1) is 0 Å². The van der Waals surface area contributed by atoms with Crippen molar-refractivity contribution < 1.29 is 18.0 Å². The molecule has 0 aliphatic heterocycles. The van der Waals surface area contributed by atoms with Gasteiger partial charge in [-0.1, -0.05) is 18.2 Å². The molecule has 0 atom stereocenters. The molecule has 1 aromatic rings. The van der Waals surface area contributed by atoms with Crippen molar-refractivity contribution in [2.45, 2.75) is 19.0 Å². The minimum atomic E-state index is -4.35. The van der Waals surface area contributed by atoms with Crippen molar-refractivity contribution in [2.24, 2.45) is 0 Å². The molecule has 6 heteroatoms. The summed E-state index contributed by atoms with van der Waals surface area (Å²) in [7, 11) is 1.73. The number of alkyl halides is 3. The number of nitrogens with one attached hydrogen (secondary N) is 2. The lowest BCUT2D eigenvalue weighted by Gasteiger charge is -2.12. The molecule has 0 aromatic heterocycles. The number of halogens is 3. The molecule has 0 aliphatic rings. The highest BCUT2D eigenvalue weighted by atomic mass is 19.4. The van der Waals surface area contributed by atoms with Crippen LogP contribution < -0.4 is 10.6 Å². The van der Waals surface area contributed by atoms with E-state index in [4.69, 9.17) is 0 Å². The first-order valence-electron chi connectivity index (χ1n) is 6.01. The number of hydrogen-bond donors (Lipinski definition) is 2. The number of carbonyl (C=O) groups excluding carboxylic acids is 1. The summed E-state index contributed by atoms with van der Waals surface area (Å²) in [4.78, 5) is 11.3. The van der Waals surface area contributed by atoms with Crippen molar-refractivity contribution in [3.05, 3.63) is 35.4 Å². The van der Waals surface area contributed by atoms with E-state index in [1.807, 2.05) is 0 Å². The molecule has 19 heavy (non-hydrogen) atoms. The van der Waals surface area contributed by atoms with Crippen molar-refractivity contribution in [1.29, 1.82) is 0 Å². The maximum absolute atomic E-state index is 12.7. The van der Waals surface area contributed by atoms with Crippen molar-refractivity contribution in [2.75, 3.05) is 20.1 Å². The van der Waals surface area contributed by atoms with Crippen LogP contribution in [0.2, 0.25) is 0 Å². The molecule has 1 amide bonds. The smallest absolute Gasteiger partial charge is 0.356 e. The van der Waals surface area contributed by atoms with E-state index < -0.39 is 11.7 Å². The zero-order valence-corrected chi connectivity index (χ0v) is 10.7. The summed E-state index contributed by atoms with van der Waals surface area (Å²) in [5, 5.41) is 5.42. The van der Waals surface area contributed by atoms with Crippen LogP contribution in [0, 0.1) is 0 Å². The number of benzene rings is 1. The van der Waals surface area contributed by atoms with Gasteiger partial charge >= 0.3 is 6.18 Å². The van der Waals surface area contributed by atoms with Gasteiger partial charge in [-0.3, -0.25) is 4.79 Å². The Balaban J connectivity index is 2.52. The van der Waals surface area contributed by atoms with Gasteiger partial charge < -0.3 is 10.6 Å². The van der Waals surface area contributed by atoms with E-state index in [1.165, 1.54) is 12.1 Å². The predicted octanol–water partition coefficient (Wildman–Crippen LogP) is 1.97. The fourth-order valence-electron chi connectivity index (χ4n) is 1.68. The van der Waals surface area contributed by atoms with E-state index in [-0.39, 0.29) is 24.4 Å². The fraction of sp³-hybridized carbons (Fsp3) is 0.462. The summed E-state index contributed by atoms with van der Waals surface area (Å²) in [5.74, 6) is -0.168. The molecule has 0 radical (unpaired) electrons. The van der Waals surface area contributed by atoms with E-state index in [0.717, 1.165) is 6.07 Å². The first-order valence-corrected chi connectivity index (χ1v) is 6.01. The van der Waals surface area contributed by atoms with Crippen LogP contribution in [0.15, 0.2) is 24.3 Å². The van der Waals surface area contributed by atoms with E-state index in [9.17, 15) is 18.0 Å². The SMILES string of the molecule is CNCCC(=O)NCCc1ccccc1C(F)(F)F. The molecule has 0 bridgehead atoms. The highest BCUT2D eigenvalue weighted by molar-refractivity contribution is 5.76. The molecule has 0 saturated heterocycles. The van der Waals surface area contributed by atoms with Gasteiger partial charge in [-0.25, -0.2) is 0 Å². The summed E-state index contributed by atoms with van der Waals surface area (Å²) in [6, 6.07) is 5.41. The predicted molar refractivity (Wildman–Crippen MR) is 66.7 cm³/mol. The Hall–Kier alpha value is -1.56. The van der Waals surface area contributed by atoms with E-state index in [2.05, 4.69) is 10.6 Å². The third-order valence-corrected chi connectivity index (χ3v) is 2.64. The zero-order valence-electron chi connectivity index (χ0n) is 10.7. The molecule has 0 fully saturated rings. The Labute approximate surface area is 110 Å². The average molecular weight is 274 g/mol. The van der Waals surface area contributed by atoms with E-state index >= 15 is 0 Å². The van der Waals surface area contributed by atoms with Crippen LogP contribution in [0.4, 0.5) is 13.2 Å². The van der Waals surface area contributed by atoms with Crippen molar-refractivity contribution in [1.82, 2.24) is 10.6 Å². The summed E-state index contributed by atoms with van der Waals surface area (Å²) in [5.41, 5.74) is -0.441. The van der Waals surface area contributed by atoms with Gasteiger partial charge in [0.1, 0.15) is 0 Å². The topological polar surface area (TPSA) is 41.1 Å². The normalized spacial score (nSPS) is 11.4. The van der Waals surface area contributed by atoms with Crippen molar-refractivity contribution >= 4 is 5.91 Å². The highest BCUT2D eigenvalue weighted by Gasteiger charge is 2.32. The largest absolute Gasteiger partial charge is 0.416 e. The Morgan fingerprint density at radius 2 is 1.89 bits per heavy atom. The lowest BCUT2D eigenvalue weighted by molar-refractivity contribution is -0.138. The third-order valence-electron chi connectivity index (χ3n) is 2.64. The molecule has 0 aliphatic carbocycles. The van der Waals surface area contributed by atoms with Gasteiger partial charge in [-0.2, -0.15) is 13.2 Å². The molecule has 0 spiro atoms. The summed E-state index contributed by atoms with van der Waals surface area (Å²) < 4.78 is 38.1. The van der Waals surface area contributed by atoms with Crippen LogP contribution in [0.5, 0.6) is 0 Å². The molecule has 106 valence electrons. The van der Waals surface area contributed by atoms with Crippen LogP contribution in [-0.4, -0.2) is 26.0 Å². The number of amides is 1. The Kier molecular flexibility index (Phi) is 5.82. The molecule has 0 heterocycles. The second kappa shape index (κ2) is 7.13. The molecule has 3 nitrogen and oxygen atoms in total. The van der Waals surface area contributed by atoms with Crippen LogP contribution >= 0.6 is 0 Å². The number of rotatable bonds is 6. The lowest BCUT2D eigenvalue weighted by Crippen LogP contribution is -2.28. The quantitative estimate of drug-likeness (QED) is 0.832. The second-order valence-corrected chi connectivity index (χ2v) is 4.11. The van der Waals surface area contributed by atoms with Crippen LogP contribution in [0.3, 0.4) is 0 Å². The maximum atomic E-state index is 12.7. The molecule has 2 N–H and O–H groups in total. The Morgan fingerprint density at radius 1 is 1.21 bits per heavy atom. The standard InChI is InChI=1S/C13H17F3N2O/c1-17-8-7-12(19)18-9-6-10-4-2-3-5-11(10)13(14,15)16/h2-5,17H,6-9H2,1H3,(H,18,19). The van der Waals surface area contributed by atoms with Gasteiger partial charge in [0.05, 0.1) is 5.56 Å². The number of carbonyl (C=O) groups is 1. The zero-order chi connectivity index (χ0) is 14.3. The van der Waals surface area contributed by atoms with Gasteiger partial charge in [0, 0.05) is 19.5 Å². The Morgan fingerprint density at radius 3 is 2.53 bits per heavy atom. The summed E-state index contributed by atoms with van der Waals surface area (Å²) >= 11 is 0. The first kappa shape index (κ1) is 15.5. The minimum absolute atomic E-state index is 0.168. The summed E-state index contributed by atoms with van der Waals surface area (Å²) in [6.07, 6.45) is -3.87. The van der Waals surface area contributed by atoms with E-state index in [1.54, 1.807) is 13.1 Å².